The standard InChI is InChI=1S/C19H16N6O3/c1-24-11-14(25(27)28)8-17(24)18-22-15-5-4-13(7-16(15)23-18)19(26)21-10-12-3-2-6-20-9-12/h2-9,11H,10H2,1H3,(H,21,26)(H,22,23). The molecule has 2 N–H and O–H groups in total. The van der Waals surface area contributed by atoms with Gasteiger partial charge >= 0.3 is 0 Å². The van der Waals surface area contributed by atoms with Gasteiger partial charge in [0, 0.05) is 37.6 Å². The van der Waals surface area contributed by atoms with E-state index in [0.29, 0.717) is 34.7 Å². The van der Waals surface area contributed by atoms with E-state index in [0.717, 1.165) is 5.56 Å². The number of nitro groups is 1. The van der Waals surface area contributed by atoms with Gasteiger partial charge in [0.15, 0.2) is 5.82 Å². The molecule has 140 valence electrons. The third-order valence-corrected chi connectivity index (χ3v) is 4.36. The Bertz CT molecular complexity index is 1180. The minimum atomic E-state index is -0.448. The molecule has 0 saturated carbocycles. The first-order valence-corrected chi connectivity index (χ1v) is 8.49. The van der Waals surface area contributed by atoms with Crippen molar-refractivity contribution < 1.29 is 9.72 Å². The van der Waals surface area contributed by atoms with E-state index in [1.165, 1.54) is 12.3 Å². The van der Waals surface area contributed by atoms with E-state index in [9.17, 15) is 14.9 Å². The highest BCUT2D eigenvalue weighted by Gasteiger charge is 2.16. The van der Waals surface area contributed by atoms with Gasteiger partial charge < -0.3 is 14.9 Å². The molecule has 4 rings (SSSR count). The molecule has 0 bridgehead atoms. The average molecular weight is 376 g/mol. The number of nitrogens with zero attached hydrogens (tertiary/aromatic N) is 4. The van der Waals surface area contributed by atoms with Crippen LogP contribution in [0.25, 0.3) is 22.6 Å². The molecule has 0 saturated heterocycles. The van der Waals surface area contributed by atoms with Gasteiger partial charge in [-0.2, -0.15) is 0 Å². The van der Waals surface area contributed by atoms with E-state index < -0.39 is 4.92 Å². The van der Waals surface area contributed by atoms with Crippen LogP contribution in [0.5, 0.6) is 0 Å². The van der Waals surface area contributed by atoms with Crippen LogP contribution in [0.4, 0.5) is 5.69 Å². The minimum Gasteiger partial charge on any atom is -0.348 e. The molecule has 3 aromatic heterocycles. The van der Waals surface area contributed by atoms with E-state index >= 15 is 0 Å². The number of aryl methyl sites for hydroxylation is 1. The summed E-state index contributed by atoms with van der Waals surface area (Å²) in [6, 6.07) is 10.3. The van der Waals surface area contributed by atoms with Crippen molar-refractivity contribution in [1.82, 2.24) is 24.8 Å². The Morgan fingerprint density at radius 3 is 2.89 bits per heavy atom. The highest BCUT2D eigenvalue weighted by atomic mass is 16.6. The number of hydrogen-bond donors (Lipinski definition) is 2. The van der Waals surface area contributed by atoms with Crippen molar-refractivity contribution in [2.75, 3.05) is 0 Å². The molecule has 0 unspecified atom stereocenters. The first kappa shape index (κ1) is 17.4. The molecule has 9 heteroatoms. The number of H-pyrrole nitrogens is 1. The number of rotatable bonds is 5. The SMILES string of the molecule is Cn1cc([N+](=O)[O-])cc1-c1nc2ccc(C(=O)NCc3cccnc3)cc2[nH]1. The van der Waals surface area contributed by atoms with Crippen LogP contribution in [0.15, 0.2) is 55.0 Å². The fraction of sp³-hybridized carbons (Fsp3) is 0.105. The number of carbonyl (C=O) groups is 1. The second-order valence-corrected chi connectivity index (χ2v) is 6.31. The van der Waals surface area contributed by atoms with Crippen molar-refractivity contribution in [1.29, 1.82) is 0 Å². The van der Waals surface area contributed by atoms with Crippen molar-refractivity contribution in [3.05, 3.63) is 76.2 Å². The summed E-state index contributed by atoms with van der Waals surface area (Å²) in [7, 11) is 1.72. The Morgan fingerprint density at radius 2 is 2.18 bits per heavy atom. The summed E-state index contributed by atoms with van der Waals surface area (Å²) >= 11 is 0. The Labute approximate surface area is 159 Å². The number of aromatic amines is 1. The number of hydrogen-bond acceptors (Lipinski definition) is 5. The smallest absolute Gasteiger partial charge is 0.287 e. The van der Waals surface area contributed by atoms with Gasteiger partial charge in [-0.25, -0.2) is 4.98 Å². The Hall–Kier alpha value is -4.01. The summed E-state index contributed by atoms with van der Waals surface area (Å²) in [4.78, 5) is 34.6. The lowest BCUT2D eigenvalue weighted by Gasteiger charge is -2.05. The third kappa shape index (κ3) is 3.32. The number of imidazole rings is 1. The fourth-order valence-electron chi connectivity index (χ4n) is 2.94. The molecule has 1 aromatic carbocycles. The first-order chi connectivity index (χ1) is 13.5. The molecular formula is C19H16N6O3. The maximum absolute atomic E-state index is 12.4. The van der Waals surface area contributed by atoms with Crippen molar-refractivity contribution >= 4 is 22.6 Å². The summed E-state index contributed by atoms with van der Waals surface area (Å²) < 4.78 is 1.64. The van der Waals surface area contributed by atoms with Gasteiger partial charge in [-0.15, -0.1) is 0 Å². The van der Waals surface area contributed by atoms with Crippen LogP contribution in [-0.2, 0) is 13.6 Å². The van der Waals surface area contributed by atoms with Gasteiger partial charge in [-0.05, 0) is 29.8 Å². The number of aromatic nitrogens is 4. The zero-order chi connectivity index (χ0) is 19.7. The van der Waals surface area contributed by atoms with Gasteiger partial charge in [0.2, 0.25) is 0 Å². The van der Waals surface area contributed by atoms with E-state index in [4.69, 9.17) is 0 Å². The largest absolute Gasteiger partial charge is 0.348 e. The fourth-order valence-corrected chi connectivity index (χ4v) is 2.94. The second kappa shape index (κ2) is 6.95. The van der Waals surface area contributed by atoms with Crippen molar-refractivity contribution in [3.8, 4) is 11.5 Å². The quantitative estimate of drug-likeness (QED) is 0.410. The van der Waals surface area contributed by atoms with Crippen LogP contribution >= 0.6 is 0 Å². The topological polar surface area (TPSA) is 119 Å². The zero-order valence-electron chi connectivity index (χ0n) is 14.9. The molecule has 0 aliphatic heterocycles. The first-order valence-electron chi connectivity index (χ1n) is 8.49. The summed E-state index contributed by atoms with van der Waals surface area (Å²) in [5, 5.41) is 13.8. The van der Waals surface area contributed by atoms with E-state index in [-0.39, 0.29) is 11.6 Å². The van der Waals surface area contributed by atoms with Crippen LogP contribution in [0, 0.1) is 10.1 Å². The van der Waals surface area contributed by atoms with Crippen LogP contribution in [0.3, 0.4) is 0 Å². The van der Waals surface area contributed by atoms with Crippen molar-refractivity contribution in [2.45, 2.75) is 6.54 Å². The summed E-state index contributed by atoms with van der Waals surface area (Å²) in [6.45, 7) is 0.381. The number of fused-ring (bicyclic) bond motifs is 1. The van der Waals surface area contributed by atoms with Crippen LogP contribution in [0.1, 0.15) is 15.9 Å². The average Bonchev–Trinajstić information content (AvgIpc) is 3.29. The highest BCUT2D eigenvalue weighted by Crippen LogP contribution is 2.26. The molecule has 28 heavy (non-hydrogen) atoms. The monoisotopic (exact) mass is 376 g/mol. The lowest BCUT2D eigenvalue weighted by atomic mass is 10.2. The molecule has 0 radical (unpaired) electrons. The van der Waals surface area contributed by atoms with Crippen molar-refractivity contribution in [3.63, 3.8) is 0 Å². The lowest BCUT2D eigenvalue weighted by Crippen LogP contribution is -2.22. The maximum atomic E-state index is 12.4. The molecule has 0 spiro atoms. The van der Waals surface area contributed by atoms with Crippen molar-refractivity contribution in [2.24, 2.45) is 7.05 Å². The molecule has 0 fully saturated rings. The summed E-state index contributed by atoms with van der Waals surface area (Å²) in [5.74, 6) is 0.287. The molecule has 1 amide bonds. The minimum absolute atomic E-state index is 0.00609. The highest BCUT2D eigenvalue weighted by molar-refractivity contribution is 5.97. The lowest BCUT2D eigenvalue weighted by molar-refractivity contribution is -0.384. The molecule has 3 heterocycles. The Kier molecular flexibility index (Phi) is 4.32. The number of nitrogens with one attached hydrogen (secondary N) is 2. The number of pyridine rings is 1. The summed E-state index contributed by atoms with van der Waals surface area (Å²) in [5.41, 5.74) is 3.32. The number of benzene rings is 1. The number of amides is 1. The molecule has 0 atom stereocenters. The normalized spacial score (nSPS) is 10.9. The van der Waals surface area contributed by atoms with Gasteiger partial charge in [-0.1, -0.05) is 6.07 Å². The van der Waals surface area contributed by atoms with Crippen LogP contribution < -0.4 is 5.32 Å². The van der Waals surface area contributed by atoms with Crippen LogP contribution in [0.2, 0.25) is 0 Å². The summed E-state index contributed by atoms with van der Waals surface area (Å²) in [6.07, 6.45) is 4.81. The Balaban J connectivity index is 1.58. The maximum Gasteiger partial charge on any atom is 0.287 e. The van der Waals surface area contributed by atoms with E-state index in [1.807, 2.05) is 12.1 Å². The van der Waals surface area contributed by atoms with Gasteiger partial charge in [0.05, 0.1) is 27.8 Å². The second-order valence-electron chi connectivity index (χ2n) is 6.31. The molecule has 0 aliphatic rings. The van der Waals surface area contributed by atoms with Crippen LogP contribution in [-0.4, -0.2) is 30.3 Å². The van der Waals surface area contributed by atoms with E-state index in [2.05, 4.69) is 20.3 Å². The molecule has 0 aliphatic carbocycles. The third-order valence-electron chi connectivity index (χ3n) is 4.36. The molecular weight excluding hydrogens is 360 g/mol. The van der Waals surface area contributed by atoms with Gasteiger partial charge in [0.25, 0.3) is 11.6 Å². The zero-order valence-corrected chi connectivity index (χ0v) is 14.9. The van der Waals surface area contributed by atoms with Gasteiger partial charge in [-0.3, -0.25) is 19.9 Å². The Morgan fingerprint density at radius 1 is 1.32 bits per heavy atom. The predicted molar refractivity (Wildman–Crippen MR) is 103 cm³/mol. The van der Waals surface area contributed by atoms with E-state index in [1.54, 1.807) is 42.2 Å². The molecule has 4 aromatic rings. The number of carbonyl (C=O) groups excluding carboxylic acids is 1. The predicted octanol–water partition coefficient (Wildman–Crippen LogP) is 2.80. The van der Waals surface area contributed by atoms with Gasteiger partial charge in [0.1, 0.15) is 0 Å². The molecule has 9 nitrogen and oxygen atoms in total.